The molecule has 0 aromatic heterocycles. The first-order chi connectivity index (χ1) is 10.2. The Morgan fingerprint density at radius 2 is 1.95 bits per heavy atom. The standard InChI is InChI=1S/C15H11ClF2O2S/c16-9-1-3-10(4-2-9)21-13-7-8-19-15-11(17)5-6-12(20-18)14(13)15/h1-6,13H,7-8H2/t13-/m1/s1. The number of hydrogen-bond donors (Lipinski definition) is 0. The zero-order valence-corrected chi connectivity index (χ0v) is 12.4. The van der Waals surface area contributed by atoms with E-state index >= 15 is 0 Å². The van der Waals surface area contributed by atoms with Crippen LogP contribution < -0.4 is 9.68 Å². The van der Waals surface area contributed by atoms with Gasteiger partial charge in [0.25, 0.3) is 0 Å². The first kappa shape index (κ1) is 14.5. The van der Waals surface area contributed by atoms with Crippen LogP contribution in [-0.4, -0.2) is 6.61 Å². The van der Waals surface area contributed by atoms with Crippen LogP contribution in [0.3, 0.4) is 0 Å². The van der Waals surface area contributed by atoms with Gasteiger partial charge in [0.1, 0.15) is 0 Å². The van der Waals surface area contributed by atoms with Crippen molar-refractivity contribution in [1.82, 2.24) is 0 Å². The molecule has 0 spiro atoms. The highest BCUT2D eigenvalue weighted by molar-refractivity contribution is 7.99. The molecule has 1 aliphatic heterocycles. The molecule has 0 saturated carbocycles. The van der Waals surface area contributed by atoms with Crippen LogP contribution in [0, 0.1) is 5.82 Å². The average molecular weight is 329 g/mol. The summed E-state index contributed by atoms with van der Waals surface area (Å²) in [5.74, 6) is -0.437. The summed E-state index contributed by atoms with van der Waals surface area (Å²) in [5, 5.41) is 0.502. The van der Waals surface area contributed by atoms with Crippen LogP contribution in [0.15, 0.2) is 41.3 Å². The quantitative estimate of drug-likeness (QED) is 0.755. The highest BCUT2D eigenvalue weighted by atomic mass is 35.5. The number of rotatable bonds is 3. The lowest BCUT2D eigenvalue weighted by atomic mass is 10.0. The third-order valence-corrected chi connectivity index (χ3v) is 4.78. The van der Waals surface area contributed by atoms with Gasteiger partial charge in [-0.05, 0) is 42.8 Å². The van der Waals surface area contributed by atoms with Gasteiger partial charge in [-0.25, -0.2) is 4.39 Å². The predicted molar refractivity (Wildman–Crippen MR) is 78.3 cm³/mol. The van der Waals surface area contributed by atoms with E-state index in [0.717, 1.165) is 11.0 Å². The van der Waals surface area contributed by atoms with Gasteiger partial charge in [0.2, 0.25) is 0 Å². The Kier molecular flexibility index (Phi) is 4.22. The first-order valence-electron chi connectivity index (χ1n) is 6.35. The normalized spacial score (nSPS) is 17.0. The number of fused-ring (bicyclic) bond motifs is 1. The smallest absolute Gasteiger partial charge is 0.180 e. The second kappa shape index (κ2) is 6.12. The maximum Gasteiger partial charge on any atom is 0.180 e. The number of thioether (sulfide) groups is 1. The van der Waals surface area contributed by atoms with Crippen LogP contribution in [0.4, 0.5) is 8.92 Å². The number of benzene rings is 2. The summed E-state index contributed by atoms with van der Waals surface area (Å²) in [6, 6.07) is 9.72. The molecule has 1 aliphatic rings. The van der Waals surface area contributed by atoms with Gasteiger partial charge in [-0.1, -0.05) is 11.6 Å². The molecule has 21 heavy (non-hydrogen) atoms. The van der Waals surface area contributed by atoms with Crippen molar-refractivity contribution >= 4 is 23.4 Å². The largest absolute Gasteiger partial charge is 0.490 e. The molecular formula is C15H11ClF2O2S. The lowest BCUT2D eigenvalue weighted by molar-refractivity contribution is -0.00829. The fraction of sp³-hybridized carbons (Fsp3) is 0.200. The summed E-state index contributed by atoms with van der Waals surface area (Å²) in [6.45, 7) is 0.380. The predicted octanol–water partition coefficient (Wildman–Crippen LogP) is 5.36. The zero-order chi connectivity index (χ0) is 14.8. The fourth-order valence-electron chi connectivity index (χ4n) is 2.28. The van der Waals surface area contributed by atoms with E-state index in [4.69, 9.17) is 16.3 Å². The van der Waals surface area contributed by atoms with E-state index < -0.39 is 5.82 Å². The van der Waals surface area contributed by atoms with Gasteiger partial charge in [-0.15, -0.1) is 11.8 Å². The molecule has 0 saturated heterocycles. The minimum Gasteiger partial charge on any atom is -0.490 e. The minimum atomic E-state index is -0.507. The third kappa shape index (κ3) is 2.94. The zero-order valence-electron chi connectivity index (χ0n) is 10.8. The second-order valence-corrected chi connectivity index (χ2v) is 6.28. The maximum absolute atomic E-state index is 13.8. The topological polar surface area (TPSA) is 18.5 Å². The Bertz CT molecular complexity index is 649. The van der Waals surface area contributed by atoms with Crippen LogP contribution in [0.2, 0.25) is 5.02 Å². The monoisotopic (exact) mass is 328 g/mol. The Morgan fingerprint density at radius 3 is 2.67 bits per heavy atom. The highest BCUT2D eigenvalue weighted by Gasteiger charge is 2.29. The number of hydrogen-bond acceptors (Lipinski definition) is 3. The molecule has 0 aliphatic carbocycles. The Hall–Kier alpha value is -1.46. The van der Waals surface area contributed by atoms with Gasteiger partial charge in [-0.2, -0.15) is 0 Å². The van der Waals surface area contributed by atoms with E-state index in [-0.39, 0.29) is 16.7 Å². The summed E-state index contributed by atoms with van der Waals surface area (Å²) in [7, 11) is 0. The summed E-state index contributed by atoms with van der Waals surface area (Å²) >= 11 is 7.36. The Balaban J connectivity index is 1.96. The molecule has 0 amide bonds. The molecule has 1 atom stereocenters. The fourth-order valence-corrected chi connectivity index (χ4v) is 3.58. The lowest BCUT2D eigenvalue weighted by Gasteiger charge is -2.26. The van der Waals surface area contributed by atoms with Gasteiger partial charge in [0, 0.05) is 19.7 Å². The van der Waals surface area contributed by atoms with Crippen LogP contribution in [0.1, 0.15) is 17.2 Å². The lowest BCUT2D eigenvalue weighted by Crippen LogP contribution is -2.14. The minimum absolute atomic E-state index is 0.00226. The molecule has 6 heteroatoms. The van der Waals surface area contributed by atoms with Crippen molar-refractivity contribution in [3.8, 4) is 11.5 Å². The molecule has 110 valence electrons. The molecule has 1 heterocycles. The van der Waals surface area contributed by atoms with E-state index in [0.29, 0.717) is 23.6 Å². The van der Waals surface area contributed by atoms with Crippen molar-refractivity contribution in [3.63, 3.8) is 0 Å². The molecule has 0 unspecified atom stereocenters. The van der Waals surface area contributed by atoms with Crippen molar-refractivity contribution in [3.05, 3.63) is 52.8 Å². The van der Waals surface area contributed by atoms with Crippen molar-refractivity contribution in [2.24, 2.45) is 0 Å². The van der Waals surface area contributed by atoms with E-state index in [2.05, 4.69) is 4.94 Å². The molecular weight excluding hydrogens is 318 g/mol. The highest BCUT2D eigenvalue weighted by Crippen LogP contribution is 2.49. The van der Waals surface area contributed by atoms with Crippen LogP contribution in [-0.2, 0) is 0 Å². The summed E-state index contributed by atoms with van der Waals surface area (Å²) in [5.41, 5.74) is 0.420. The molecule has 0 fully saturated rings. The third-order valence-electron chi connectivity index (χ3n) is 3.23. The van der Waals surface area contributed by atoms with Crippen LogP contribution >= 0.6 is 23.4 Å². The van der Waals surface area contributed by atoms with E-state index in [1.807, 2.05) is 12.1 Å². The first-order valence-corrected chi connectivity index (χ1v) is 7.61. The second-order valence-electron chi connectivity index (χ2n) is 4.56. The molecule has 0 bridgehead atoms. The molecule has 2 nitrogen and oxygen atoms in total. The molecule has 3 rings (SSSR count). The van der Waals surface area contributed by atoms with E-state index in [9.17, 15) is 8.92 Å². The van der Waals surface area contributed by atoms with Gasteiger partial charge < -0.3 is 4.74 Å². The SMILES string of the molecule is FOc1ccc(F)c2c1[C@H](Sc1ccc(Cl)cc1)CCO2. The molecule has 2 aromatic carbocycles. The number of ether oxygens (including phenoxy) is 1. The molecule has 2 aromatic rings. The molecule has 0 N–H and O–H groups in total. The van der Waals surface area contributed by atoms with Gasteiger partial charge >= 0.3 is 0 Å². The summed E-state index contributed by atoms with van der Waals surface area (Å²) < 4.78 is 31.9. The van der Waals surface area contributed by atoms with Crippen molar-refractivity contribution in [1.29, 1.82) is 0 Å². The summed E-state index contributed by atoms with van der Waals surface area (Å²) in [4.78, 5) is 4.84. The maximum atomic E-state index is 13.8. The van der Waals surface area contributed by atoms with Crippen molar-refractivity contribution in [2.75, 3.05) is 6.61 Å². The average Bonchev–Trinajstić information content (AvgIpc) is 2.51. The van der Waals surface area contributed by atoms with Crippen LogP contribution in [0.25, 0.3) is 0 Å². The van der Waals surface area contributed by atoms with Gasteiger partial charge in [0.05, 0.1) is 12.2 Å². The van der Waals surface area contributed by atoms with E-state index in [1.54, 1.807) is 12.1 Å². The van der Waals surface area contributed by atoms with Crippen molar-refractivity contribution < 1.29 is 18.6 Å². The van der Waals surface area contributed by atoms with E-state index in [1.165, 1.54) is 17.8 Å². The summed E-state index contributed by atoms with van der Waals surface area (Å²) in [6.07, 6.45) is 0.639. The Labute approximate surface area is 129 Å². The van der Waals surface area contributed by atoms with Crippen molar-refractivity contribution in [2.45, 2.75) is 16.6 Å². The van der Waals surface area contributed by atoms with Crippen LogP contribution in [0.5, 0.6) is 11.5 Å². The number of halogens is 3. The van der Waals surface area contributed by atoms with Gasteiger partial charge in [0.15, 0.2) is 17.3 Å². The molecule has 0 radical (unpaired) electrons. The Morgan fingerprint density at radius 1 is 1.19 bits per heavy atom. The van der Waals surface area contributed by atoms with Gasteiger partial charge in [-0.3, -0.25) is 4.94 Å².